The molecule has 0 aliphatic carbocycles. The maximum absolute atomic E-state index is 10.3. The fraction of sp³-hybridized carbons (Fsp3) is 0.308. The molecule has 0 aromatic heterocycles. The van der Waals surface area contributed by atoms with Gasteiger partial charge >= 0.3 is 5.97 Å². The van der Waals surface area contributed by atoms with Gasteiger partial charge in [0.25, 0.3) is 0 Å². The van der Waals surface area contributed by atoms with Crippen molar-refractivity contribution in [3.63, 3.8) is 0 Å². The number of aliphatic carboxylic acids is 1. The lowest BCUT2D eigenvalue weighted by atomic mass is 10.2. The van der Waals surface area contributed by atoms with Gasteiger partial charge in [0.1, 0.15) is 5.75 Å². The van der Waals surface area contributed by atoms with E-state index in [9.17, 15) is 4.79 Å². The van der Waals surface area contributed by atoms with Crippen LogP contribution in [0.5, 0.6) is 5.75 Å². The van der Waals surface area contributed by atoms with Crippen LogP contribution in [0.4, 0.5) is 0 Å². The van der Waals surface area contributed by atoms with Crippen molar-refractivity contribution in [1.82, 2.24) is 0 Å². The smallest absolute Gasteiger partial charge is 0.327 e. The van der Waals surface area contributed by atoms with Crippen molar-refractivity contribution >= 4 is 17.6 Å². The summed E-state index contributed by atoms with van der Waals surface area (Å²) in [6.45, 7) is 3.82. The number of benzene rings is 1. The first-order chi connectivity index (χ1) is 7.99. The van der Waals surface area contributed by atoms with Gasteiger partial charge in [0, 0.05) is 12.5 Å². The standard InChI is InChI=1S/C13H15ClO3/c1-9-6-7-11(14)12(8-9)17-10(2)4-3-5-13(15)16/h3,5-8,10H,4H2,1-2H3,(H,15,16)/b5-3+. The molecule has 1 atom stereocenters. The lowest BCUT2D eigenvalue weighted by Gasteiger charge is -2.14. The molecular formula is C13H15ClO3. The second-order valence-electron chi connectivity index (χ2n) is 3.84. The van der Waals surface area contributed by atoms with Crippen LogP contribution in [0.15, 0.2) is 30.4 Å². The van der Waals surface area contributed by atoms with Crippen LogP contribution >= 0.6 is 11.6 Å². The Hall–Kier alpha value is -1.48. The molecule has 1 N–H and O–H groups in total. The third kappa shape index (κ3) is 4.91. The molecule has 0 aliphatic rings. The van der Waals surface area contributed by atoms with Crippen LogP contribution in [0, 0.1) is 6.92 Å². The zero-order valence-electron chi connectivity index (χ0n) is 9.81. The Kier molecular flexibility index (Phi) is 5.04. The number of hydrogen-bond acceptors (Lipinski definition) is 2. The first kappa shape index (κ1) is 13.6. The van der Waals surface area contributed by atoms with Crippen molar-refractivity contribution in [1.29, 1.82) is 0 Å². The third-order valence-electron chi connectivity index (χ3n) is 2.14. The molecule has 0 heterocycles. The SMILES string of the molecule is Cc1ccc(Cl)c(OC(C)C/C=C/C(=O)O)c1. The molecule has 0 bridgehead atoms. The lowest BCUT2D eigenvalue weighted by Crippen LogP contribution is -2.11. The van der Waals surface area contributed by atoms with Crippen molar-refractivity contribution in [3.8, 4) is 5.75 Å². The number of carboxylic acid groups (broad SMARTS) is 1. The molecule has 1 aromatic carbocycles. The van der Waals surface area contributed by atoms with Crippen LogP contribution in [0.2, 0.25) is 5.02 Å². The number of aryl methyl sites for hydroxylation is 1. The van der Waals surface area contributed by atoms with Gasteiger partial charge in [-0.05, 0) is 31.5 Å². The molecule has 17 heavy (non-hydrogen) atoms. The van der Waals surface area contributed by atoms with Crippen molar-refractivity contribution < 1.29 is 14.6 Å². The molecule has 4 heteroatoms. The molecule has 0 amide bonds. The maximum Gasteiger partial charge on any atom is 0.327 e. The topological polar surface area (TPSA) is 46.5 Å². The molecule has 1 rings (SSSR count). The Bertz CT molecular complexity index is 427. The van der Waals surface area contributed by atoms with Crippen LogP contribution in [0.3, 0.4) is 0 Å². The number of carbonyl (C=O) groups is 1. The zero-order valence-corrected chi connectivity index (χ0v) is 10.6. The Morgan fingerprint density at radius 3 is 2.94 bits per heavy atom. The minimum atomic E-state index is -0.953. The van der Waals surface area contributed by atoms with Gasteiger partial charge in [0.2, 0.25) is 0 Å². The summed E-state index contributed by atoms with van der Waals surface area (Å²) in [5, 5.41) is 9.01. The van der Waals surface area contributed by atoms with Crippen molar-refractivity contribution in [3.05, 3.63) is 40.9 Å². The van der Waals surface area contributed by atoms with Crippen LogP contribution in [-0.2, 0) is 4.79 Å². The second kappa shape index (κ2) is 6.30. The normalized spacial score (nSPS) is 12.6. The van der Waals surface area contributed by atoms with Crippen LogP contribution in [0.25, 0.3) is 0 Å². The van der Waals surface area contributed by atoms with E-state index in [0.29, 0.717) is 17.2 Å². The van der Waals surface area contributed by atoms with E-state index >= 15 is 0 Å². The molecule has 0 saturated heterocycles. The van der Waals surface area contributed by atoms with Gasteiger partial charge < -0.3 is 9.84 Å². The largest absolute Gasteiger partial charge is 0.489 e. The average Bonchev–Trinajstić information content (AvgIpc) is 2.23. The molecule has 0 spiro atoms. The first-order valence-corrected chi connectivity index (χ1v) is 5.69. The summed E-state index contributed by atoms with van der Waals surface area (Å²) in [5.41, 5.74) is 1.07. The number of ether oxygens (including phenoxy) is 1. The fourth-order valence-corrected chi connectivity index (χ4v) is 1.49. The van der Waals surface area contributed by atoms with E-state index in [1.165, 1.54) is 0 Å². The van der Waals surface area contributed by atoms with Gasteiger partial charge in [-0.25, -0.2) is 4.79 Å². The predicted octanol–water partition coefficient (Wildman–Crippen LogP) is 3.45. The highest BCUT2D eigenvalue weighted by Crippen LogP contribution is 2.26. The average molecular weight is 255 g/mol. The van der Waals surface area contributed by atoms with Gasteiger partial charge in [0.05, 0.1) is 11.1 Å². The van der Waals surface area contributed by atoms with Crippen LogP contribution in [-0.4, -0.2) is 17.2 Å². The molecule has 3 nitrogen and oxygen atoms in total. The molecule has 1 unspecified atom stereocenters. The molecular weight excluding hydrogens is 240 g/mol. The molecule has 1 aromatic rings. The predicted molar refractivity (Wildman–Crippen MR) is 67.7 cm³/mol. The Morgan fingerprint density at radius 1 is 1.59 bits per heavy atom. The minimum absolute atomic E-state index is 0.120. The van der Waals surface area contributed by atoms with E-state index in [-0.39, 0.29) is 6.10 Å². The van der Waals surface area contributed by atoms with Gasteiger partial charge in [-0.1, -0.05) is 23.7 Å². The first-order valence-electron chi connectivity index (χ1n) is 5.31. The molecule has 0 radical (unpaired) electrons. The van der Waals surface area contributed by atoms with Gasteiger partial charge in [-0.2, -0.15) is 0 Å². The second-order valence-corrected chi connectivity index (χ2v) is 4.25. The van der Waals surface area contributed by atoms with E-state index in [0.717, 1.165) is 11.6 Å². The van der Waals surface area contributed by atoms with E-state index < -0.39 is 5.97 Å². The van der Waals surface area contributed by atoms with Crippen molar-refractivity contribution in [2.45, 2.75) is 26.4 Å². The Labute approximate surface area is 106 Å². The van der Waals surface area contributed by atoms with Gasteiger partial charge in [-0.3, -0.25) is 0 Å². The van der Waals surface area contributed by atoms with Gasteiger partial charge in [0.15, 0.2) is 0 Å². The summed E-state index contributed by atoms with van der Waals surface area (Å²) >= 11 is 5.99. The van der Waals surface area contributed by atoms with E-state index in [1.54, 1.807) is 12.1 Å². The highest BCUT2D eigenvalue weighted by atomic mass is 35.5. The Balaban J connectivity index is 2.58. The van der Waals surface area contributed by atoms with E-state index in [1.807, 2.05) is 26.0 Å². The quantitative estimate of drug-likeness (QED) is 0.819. The number of hydrogen-bond donors (Lipinski definition) is 1. The maximum atomic E-state index is 10.3. The zero-order chi connectivity index (χ0) is 12.8. The summed E-state index contributed by atoms with van der Waals surface area (Å²) in [6.07, 6.45) is 3.08. The highest BCUT2D eigenvalue weighted by molar-refractivity contribution is 6.32. The van der Waals surface area contributed by atoms with Crippen LogP contribution in [0.1, 0.15) is 18.9 Å². The monoisotopic (exact) mass is 254 g/mol. The van der Waals surface area contributed by atoms with Crippen LogP contribution < -0.4 is 4.74 Å². The summed E-state index contributed by atoms with van der Waals surface area (Å²) < 4.78 is 5.63. The molecule has 0 saturated carbocycles. The highest BCUT2D eigenvalue weighted by Gasteiger charge is 2.06. The van der Waals surface area contributed by atoms with Gasteiger partial charge in [-0.15, -0.1) is 0 Å². The number of rotatable bonds is 5. The minimum Gasteiger partial charge on any atom is -0.489 e. The molecule has 92 valence electrons. The molecule has 0 fully saturated rings. The summed E-state index contributed by atoms with van der Waals surface area (Å²) in [6, 6.07) is 5.55. The van der Waals surface area contributed by atoms with Crippen molar-refractivity contribution in [2.24, 2.45) is 0 Å². The molecule has 0 aliphatic heterocycles. The summed E-state index contributed by atoms with van der Waals surface area (Å²) in [5.74, 6) is -0.325. The Morgan fingerprint density at radius 2 is 2.29 bits per heavy atom. The van der Waals surface area contributed by atoms with E-state index in [4.69, 9.17) is 21.4 Å². The number of carboxylic acids is 1. The summed E-state index contributed by atoms with van der Waals surface area (Å²) in [7, 11) is 0. The van der Waals surface area contributed by atoms with E-state index in [2.05, 4.69) is 0 Å². The third-order valence-corrected chi connectivity index (χ3v) is 2.46. The summed E-state index contributed by atoms with van der Waals surface area (Å²) in [4.78, 5) is 10.3. The fourth-order valence-electron chi connectivity index (χ4n) is 1.33. The number of halogens is 1. The van der Waals surface area contributed by atoms with Crippen molar-refractivity contribution in [2.75, 3.05) is 0 Å². The lowest BCUT2D eigenvalue weighted by molar-refractivity contribution is -0.131.